The van der Waals surface area contributed by atoms with Gasteiger partial charge in [-0.3, -0.25) is 0 Å². The molecule has 0 saturated heterocycles. The Morgan fingerprint density at radius 3 is 1.40 bits per heavy atom. The standard InChI is InChI=1S/C43H34N2/c1-29-18-20-32(21-19-29)34-12-8-16-38(26-34)42-28-41(33-10-5-4-6-11-33)44-43(45-42)39-17-9-14-36(27-39)35-13-7-15-37(25-35)40-23-30(2)22-31(3)24-40/h4-28H,1-3H3. The molecule has 0 aliphatic heterocycles. The zero-order valence-corrected chi connectivity index (χ0v) is 25.8. The molecule has 2 nitrogen and oxygen atoms in total. The zero-order chi connectivity index (χ0) is 30.8. The molecule has 216 valence electrons. The van der Waals surface area contributed by atoms with Crippen molar-refractivity contribution in [1.82, 2.24) is 9.97 Å². The van der Waals surface area contributed by atoms with E-state index >= 15 is 0 Å². The topological polar surface area (TPSA) is 25.8 Å². The molecule has 7 aromatic rings. The number of hydrogen-bond donors (Lipinski definition) is 0. The number of benzene rings is 6. The number of rotatable bonds is 6. The van der Waals surface area contributed by atoms with Crippen LogP contribution in [0.5, 0.6) is 0 Å². The van der Waals surface area contributed by atoms with E-state index in [-0.39, 0.29) is 0 Å². The fourth-order valence-corrected chi connectivity index (χ4v) is 5.94. The van der Waals surface area contributed by atoms with Gasteiger partial charge in [0.05, 0.1) is 11.4 Å². The van der Waals surface area contributed by atoms with Crippen molar-refractivity contribution in [2.24, 2.45) is 0 Å². The van der Waals surface area contributed by atoms with Crippen LogP contribution in [0.15, 0.2) is 152 Å². The van der Waals surface area contributed by atoms with Gasteiger partial charge in [0.1, 0.15) is 0 Å². The maximum absolute atomic E-state index is 5.16. The van der Waals surface area contributed by atoms with Crippen LogP contribution >= 0.6 is 0 Å². The van der Waals surface area contributed by atoms with E-state index in [2.05, 4.69) is 166 Å². The van der Waals surface area contributed by atoms with E-state index in [0.29, 0.717) is 5.82 Å². The molecule has 1 heterocycles. The Balaban J connectivity index is 1.31. The molecule has 1 aromatic heterocycles. The van der Waals surface area contributed by atoms with Gasteiger partial charge in [0.25, 0.3) is 0 Å². The molecule has 0 radical (unpaired) electrons. The predicted molar refractivity (Wildman–Crippen MR) is 189 cm³/mol. The lowest BCUT2D eigenvalue weighted by Crippen LogP contribution is -1.96. The Morgan fingerprint density at radius 2 is 0.756 bits per heavy atom. The van der Waals surface area contributed by atoms with Gasteiger partial charge in [0, 0.05) is 16.7 Å². The van der Waals surface area contributed by atoms with E-state index in [1.54, 1.807) is 0 Å². The molecule has 0 saturated carbocycles. The van der Waals surface area contributed by atoms with Crippen LogP contribution in [0, 0.1) is 20.8 Å². The Hall–Kier alpha value is -5.60. The highest BCUT2D eigenvalue weighted by Crippen LogP contribution is 2.33. The maximum Gasteiger partial charge on any atom is 0.160 e. The van der Waals surface area contributed by atoms with Crippen LogP contribution in [0.1, 0.15) is 16.7 Å². The number of aromatic nitrogens is 2. The molecule has 2 heteroatoms. The van der Waals surface area contributed by atoms with E-state index in [4.69, 9.17) is 9.97 Å². The minimum absolute atomic E-state index is 0.708. The second kappa shape index (κ2) is 12.2. The van der Waals surface area contributed by atoms with Crippen molar-refractivity contribution in [2.75, 3.05) is 0 Å². The summed E-state index contributed by atoms with van der Waals surface area (Å²) in [5, 5.41) is 0. The molecular weight excluding hydrogens is 544 g/mol. The lowest BCUT2D eigenvalue weighted by molar-refractivity contribution is 1.18. The van der Waals surface area contributed by atoms with Gasteiger partial charge in [-0.2, -0.15) is 0 Å². The van der Waals surface area contributed by atoms with Gasteiger partial charge in [-0.1, -0.05) is 144 Å². The monoisotopic (exact) mass is 578 g/mol. The van der Waals surface area contributed by atoms with Crippen molar-refractivity contribution < 1.29 is 0 Å². The van der Waals surface area contributed by atoms with E-state index in [0.717, 1.165) is 33.6 Å². The normalized spacial score (nSPS) is 11.0. The van der Waals surface area contributed by atoms with Crippen LogP contribution < -0.4 is 0 Å². The van der Waals surface area contributed by atoms with Crippen LogP contribution in [-0.4, -0.2) is 9.97 Å². The summed E-state index contributed by atoms with van der Waals surface area (Å²) in [6.07, 6.45) is 0. The average Bonchev–Trinajstić information content (AvgIpc) is 3.08. The first-order chi connectivity index (χ1) is 22.0. The van der Waals surface area contributed by atoms with E-state index in [1.807, 2.05) is 6.07 Å². The first-order valence-electron chi connectivity index (χ1n) is 15.4. The minimum Gasteiger partial charge on any atom is -0.228 e. The van der Waals surface area contributed by atoms with Crippen molar-refractivity contribution in [3.8, 4) is 67.3 Å². The summed E-state index contributed by atoms with van der Waals surface area (Å²) in [7, 11) is 0. The van der Waals surface area contributed by atoms with Gasteiger partial charge in [-0.15, -0.1) is 0 Å². The maximum atomic E-state index is 5.16. The lowest BCUT2D eigenvalue weighted by Gasteiger charge is -2.12. The van der Waals surface area contributed by atoms with Crippen molar-refractivity contribution in [1.29, 1.82) is 0 Å². The summed E-state index contributed by atoms with van der Waals surface area (Å²) in [6.45, 7) is 6.42. The fourth-order valence-electron chi connectivity index (χ4n) is 5.94. The molecule has 0 bridgehead atoms. The first-order valence-corrected chi connectivity index (χ1v) is 15.4. The van der Waals surface area contributed by atoms with Gasteiger partial charge in [-0.05, 0) is 78.4 Å². The third kappa shape index (κ3) is 6.23. The molecule has 0 N–H and O–H groups in total. The highest BCUT2D eigenvalue weighted by atomic mass is 14.9. The molecule has 0 fully saturated rings. The van der Waals surface area contributed by atoms with Crippen LogP contribution in [0.3, 0.4) is 0 Å². The van der Waals surface area contributed by atoms with Crippen molar-refractivity contribution in [3.63, 3.8) is 0 Å². The van der Waals surface area contributed by atoms with Gasteiger partial charge >= 0.3 is 0 Å². The molecular formula is C43H34N2. The number of aryl methyl sites for hydroxylation is 3. The minimum atomic E-state index is 0.708. The Labute approximate surface area is 265 Å². The highest BCUT2D eigenvalue weighted by Gasteiger charge is 2.13. The Morgan fingerprint density at radius 1 is 0.289 bits per heavy atom. The highest BCUT2D eigenvalue weighted by molar-refractivity contribution is 5.79. The Kier molecular flexibility index (Phi) is 7.63. The smallest absolute Gasteiger partial charge is 0.160 e. The molecule has 0 atom stereocenters. The predicted octanol–water partition coefficient (Wildman–Crippen LogP) is 11.4. The molecule has 0 aliphatic carbocycles. The van der Waals surface area contributed by atoms with Crippen LogP contribution in [0.2, 0.25) is 0 Å². The fraction of sp³-hybridized carbons (Fsp3) is 0.0698. The molecule has 0 unspecified atom stereocenters. The third-order valence-electron chi connectivity index (χ3n) is 8.21. The zero-order valence-electron chi connectivity index (χ0n) is 25.8. The van der Waals surface area contributed by atoms with Gasteiger partial charge in [0.15, 0.2) is 5.82 Å². The molecule has 6 aromatic carbocycles. The molecule has 45 heavy (non-hydrogen) atoms. The van der Waals surface area contributed by atoms with Crippen LogP contribution in [0.25, 0.3) is 67.3 Å². The molecule has 7 rings (SSSR count). The quantitative estimate of drug-likeness (QED) is 0.196. The van der Waals surface area contributed by atoms with Crippen molar-refractivity contribution in [3.05, 3.63) is 168 Å². The molecule has 0 aliphatic rings. The second-order valence-electron chi connectivity index (χ2n) is 11.8. The largest absolute Gasteiger partial charge is 0.228 e. The lowest BCUT2D eigenvalue weighted by atomic mass is 9.96. The van der Waals surface area contributed by atoms with E-state index in [1.165, 1.54) is 44.5 Å². The van der Waals surface area contributed by atoms with Gasteiger partial charge < -0.3 is 0 Å². The Bertz CT molecular complexity index is 2110. The first kappa shape index (κ1) is 28.2. The van der Waals surface area contributed by atoms with Crippen molar-refractivity contribution in [2.45, 2.75) is 20.8 Å². The van der Waals surface area contributed by atoms with Gasteiger partial charge in [-0.25, -0.2) is 9.97 Å². The van der Waals surface area contributed by atoms with Crippen LogP contribution in [-0.2, 0) is 0 Å². The summed E-state index contributed by atoms with van der Waals surface area (Å²) in [5.41, 5.74) is 15.8. The summed E-state index contributed by atoms with van der Waals surface area (Å²) >= 11 is 0. The molecule has 0 spiro atoms. The van der Waals surface area contributed by atoms with Gasteiger partial charge in [0.2, 0.25) is 0 Å². The van der Waals surface area contributed by atoms with E-state index in [9.17, 15) is 0 Å². The summed E-state index contributed by atoms with van der Waals surface area (Å²) in [6, 6.07) is 53.8. The van der Waals surface area contributed by atoms with E-state index < -0.39 is 0 Å². The number of nitrogens with zero attached hydrogens (tertiary/aromatic N) is 2. The summed E-state index contributed by atoms with van der Waals surface area (Å²) < 4.78 is 0. The SMILES string of the molecule is Cc1ccc(-c2cccc(-c3cc(-c4ccccc4)nc(-c4cccc(-c5cccc(-c6cc(C)cc(C)c6)c5)c4)n3)c2)cc1. The number of hydrogen-bond acceptors (Lipinski definition) is 2. The summed E-state index contributed by atoms with van der Waals surface area (Å²) in [5.74, 6) is 0.708. The van der Waals surface area contributed by atoms with Crippen LogP contribution in [0.4, 0.5) is 0 Å². The average molecular weight is 579 g/mol. The summed E-state index contributed by atoms with van der Waals surface area (Å²) in [4.78, 5) is 10.3. The second-order valence-corrected chi connectivity index (χ2v) is 11.8. The van der Waals surface area contributed by atoms with Crippen molar-refractivity contribution >= 4 is 0 Å². The molecule has 0 amide bonds. The third-order valence-corrected chi connectivity index (χ3v) is 8.21.